The van der Waals surface area contributed by atoms with E-state index in [0.717, 1.165) is 18.6 Å². The fourth-order valence-corrected chi connectivity index (χ4v) is 5.86. The van der Waals surface area contributed by atoms with Crippen LogP contribution in [0.15, 0.2) is 4.99 Å². The highest BCUT2D eigenvalue weighted by molar-refractivity contribution is 8.01. The Morgan fingerprint density at radius 2 is 2.10 bits per heavy atom. The fourth-order valence-electron chi connectivity index (χ4n) is 2.89. The molecule has 0 aromatic heterocycles. The van der Waals surface area contributed by atoms with Crippen molar-refractivity contribution in [2.45, 2.75) is 50.4 Å². The molecule has 8 heteroatoms. The molecule has 6 nitrogen and oxygen atoms in total. The monoisotopic (exact) mass is 334 g/mol. The minimum Gasteiger partial charge on any atom is -0.323 e. The molecule has 0 aromatic carbocycles. The number of nitrogens with zero attached hydrogens (tertiary/aromatic N) is 2. The first-order chi connectivity index (χ1) is 10.1. The molecule has 2 aliphatic rings. The lowest BCUT2D eigenvalue weighted by Crippen LogP contribution is -2.56. The topological polar surface area (TPSA) is 87.8 Å². The van der Waals surface area contributed by atoms with Gasteiger partial charge in [-0.2, -0.15) is 11.8 Å². The Morgan fingerprint density at radius 1 is 1.38 bits per heavy atom. The van der Waals surface area contributed by atoms with Gasteiger partial charge in [0.15, 0.2) is 9.84 Å². The number of hydrazine groups is 1. The molecule has 1 saturated heterocycles. The van der Waals surface area contributed by atoms with Crippen molar-refractivity contribution in [3.8, 4) is 0 Å². The van der Waals surface area contributed by atoms with E-state index >= 15 is 0 Å². The second-order valence-corrected chi connectivity index (χ2v) is 9.16. The van der Waals surface area contributed by atoms with Crippen LogP contribution in [0, 0.1) is 0 Å². The fraction of sp³-hybridized carbons (Fsp3) is 0.923. The number of hydrogen-bond acceptors (Lipinski definition) is 5. The highest BCUT2D eigenvalue weighted by Gasteiger charge is 2.35. The highest BCUT2D eigenvalue weighted by atomic mass is 32.2. The van der Waals surface area contributed by atoms with Gasteiger partial charge in [0.2, 0.25) is 5.96 Å². The third kappa shape index (κ3) is 4.26. The molecule has 1 atom stereocenters. The standard InChI is InChI=1S/C13H26N4O2S2/c1-2-21(18,19)12-10-20-9-8-17(12)13(16-14)15-11-6-4-3-5-7-11/h11-12H,2-10,14H2,1H3,(H,15,16). The van der Waals surface area contributed by atoms with Crippen molar-refractivity contribution in [2.75, 3.05) is 23.8 Å². The normalized spacial score (nSPS) is 25.9. The largest absolute Gasteiger partial charge is 0.323 e. The van der Waals surface area contributed by atoms with E-state index < -0.39 is 15.2 Å². The molecule has 1 heterocycles. The molecule has 0 amide bonds. The van der Waals surface area contributed by atoms with Gasteiger partial charge >= 0.3 is 0 Å². The predicted molar refractivity (Wildman–Crippen MR) is 88.9 cm³/mol. The molecule has 1 saturated carbocycles. The van der Waals surface area contributed by atoms with Gasteiger partial charge in [0, 0.05) is 23.8 Å². The van der Waals surface area contributed by atoms with Gasteiger partial charge in [0.25, 0.3) is 0 Å². The average Bonchev–Trinajstić information content (AvgIpc) is 2.53. The molecule has 0 aromatic rings. The number of nitrogens with one attached hydrogen (secondary N) is 1. The molecule has 1 aliphatic carbocycles. The summed E-state index contributed by atoms with van der Waals surface area (Å²) in [5, 5.41) is -0.514. The Bertz CT molecular complexity index is 461. The lowest BCUT2D eigenvalue weighted by molar-refractivity contribution is 0.381. The Balaban J connectivity index is 2.19. The van der Waals surface area contributed by atoms with Gasteiger partial charge in [-0.15, -0.1) is 0 Å². The summed E-state index contributed by atoms with van der Waals surface area (Å²) in [5.41, 5.74) is 2.65. The molecule has 122 valence electrons. The molecule has 0 bridgehead atoms. The Kier molecular flexibility index (Phi) is 6.19. The van der Waals surface area contributed by atoms with Crippen molar-refractivity contribution < 1.29 is 8.42 Å². The molecular weight excluding hydrogens is 308 g/mol. The van der Waals surface area contributed by atoms with Crippen molar-refractivity contribution in [1.82, 2.24) is 10.3 Å². The van der Waals surface area contributed by atoms with Crippen molar-refractivity contribution in [2.24, 2.45) is 10.8 Å². The van der Waals surface area contributed by atoms with Crippen LogP contribution in [0.4, 0.5) is 0 Å². The van der Waals surface area contributed by atoms with Crippen LogP contribution < -0.4 is 11.3 Å². The van der Waals surface area contributed by atoms with Crippen LogP contribution in [0.5, 0.6) is 0 Å². The van der Waals surface area contributed by atoms with Crippen LogP contribution in [-0.4, -0.2) is 54.5 Å². The summed E-state index contributed by atoms with van der Waals surface area (Å²) >= 11 is 1.68. The lowest BCUT2D eigenvalue weighted by Gasteiger charge is -2.37. The number of rotatable bonds is 3. The summed E-state index contributed by atoms with van der Waals surface area (Å²) < 4.78 is 24.6. The van der Waals surface area contributed by atoms with Crippen molar-refractivity contribution in [3.05, 3.63) is 0 Å². The first kappa shape index (κ1) is 16.9. The number of nitrogens with two attached hydrogens (primary N) is 1. The minimum atomic E-state index is -3.14. The van der Waals surface area contributed by atoms with Crippen molar-refractivity contribution in [1.29, 1.82) is 0 Å². The molecule has 0 spiro atoms. The third-order valence-electron chi connectivity index (χ3n) is 4.18. The van der Waals surface area contributed by atoms with E-state index in [9.17, 15) is 8.42 Å². The van der Waals surface area contributed by atoms with Crippen molar-refractivity contribution >= 4 is 27.6 Å². The van der Waals surface area contributed by atoms with E-state index in [2.05, 4.69) is 5.43 Å². The molecule has 21 heavy (non-hydrogen) atoms. The van der Waals surface area contributed by atoms with E-state index in [1.807, 2.05) is 4.90 Å². The first-order valence-electron chi connectivity index (χ1n) is 7.69. The summed E-state index contributed by atoms with van der Waals surface area (Å²) in [6.45, 7) is 2.37. The van der Waals surface area contributed by atoms with Gasteiger partial charge in [-0.1, -0.05) is 26.2 Å². The zero-order valence-corrected chi connectivity index (χ0v) is 14.3. The quantitative estimate of drug-likeness (QED) is 0.346. The van der Waals surface area contributed by atoms with Gasteiger partial charge in [0.1, 0.15) is 5.37 Å². The highest BCUT2D eigenvalue weighted by Crippen LogP contribution is 2.24. The number of guanidine groups is 1. The van der Waals surface area contributed by atoms with E-state index in [1.54, 1.807) is 18.7 Å². The Hall–Kier alpha value is -0.470. The second-order valence-electron chi connectivity index (χ2n) is 5.56. The SMILES string of the molecule is CCS(=O)(=O)C1CSCCN1C(=NC1CCCCC1)NN. The summed E-state index contributed by atoms with van der Waals surface area (Å²) in [4.78, 5) is 6.56. The van der Waals surface area contributed by atoms with Gasteiger partial charge < -0.3 is 4.90 Å². The molecular formula is C13H26N4O2S2. The minimum absolute atomic E-state index is 0.149. The van der Waals surface area contributed by atoms with Crippen molar-refractivity contribution in [3.63, 3.8) is 0 Å². The van der Waals surface area contributed by atoms with Gasteiger partial charge in [-0.25, -0.2) is 19.3 Å². The van der Waals surface area contributed by atoms with E-state index in [1.165, 1.54) is 19.3 Å². The maximum Gasteiger partial charge on any atom is 0.209 e. The molecule has 0 radical (unpaired) electrons. The maximum atomic E-state index is 12.3. The molecule has 1 unspecified atom stereocenters. The zero-order chi connectivity index (χ0) is 15.3. The number of sulfone groups is 1. The number of hydrogen-bond donors (Lipinski definition) is 2. The summed E-state index contributed by atoms with van der Waals surface area (Å²) in [7, 11) is -3.14. The first-order valence-corrected chi connectivity index (χ1v) is 10.6. The van der Waals surface area contributed by atoms with E-state index in [4.69, 9.17) is 10.8 Å². The number of aliphatic imine (C=N–C) groups is 1. The summed E-state index contributed by atoms with van der Waals surface area (Å²) in [5.74, 6) is 7.83. The Morgan fingerprint density at radius 3 is 2.71 bits per heavy atom. The van der Waals surface area contributed by atoms with E-state index in [-0.39, 0.29) is 11.8 Å². The van der Waals surface area contributed by atoms with Crippen LogP contribution >= 0.6 is 11.8 Å². The van der Waals surface area contributed by atoms with Crippen LogP contribution in [0.1, 0.15) is 39.0 Å². The average molecular weight is 335 g/mol. The predicted octanol–water partition coefficient (Wildman–Crippen LogP) is 0.948. The van der Waals surface area contributed by atoms with Gasteiger partial charge in [0.05, 0.1) is 6.04 Å². The van der Waals surface area contributed by atoms with Gasteiger partial charge in [-0.05, 0) is 12.8 Å². The van der Waals surface area contributed by atoms with E-state index in [0.29, 0.717) is 18.3 Å². The second kappa shape index (κ2) is 7.69. The number of thioether (sulfide) groups is 1. The van der Waals surface area contributed by atoms with Crippen LogP contribution in [0.25, 0.3) is 0 Å². The Labute approximate surface area is 131 Å². The smallest absolute Gasteiger partial charge is 0.209 e. The maximum absolute atomic E-state index is 12.3. The van der Waals surface area contributed by atoms with Gasteiger partial charge in [-0.3, -0.25) is 5.43 Å². The van der Waals surface area contributed by atoms with Crippen LogP contribution in [0.2, 0.25) is 0 Å². The molecule has 2 rings (SSSR count). The lowest BCUT2D eigenvalue weighted by atomic mass is 9.96. The molecule has 3 N–H and O–H groups in total. The molecule has 1 aliphatic heterocycles. The van der Waals surface area contributed by atoms with Crippen LogP contribution in [0.3, 0.4) is 0 Å². The van der Waals surface area contributed by atoms with Crippen LogP contribution in [-0.2, 0) is 9.84 Å². The summed E-state index contributed by atoms with van der Waals surface area (Å²) in [6.07, 6.45) is 5.79. The molecule has 2 fully saturated rings. The summed E-state index contributed by atoms with van der Waals surface area (Å²) in [6, 6.07) is 0.268. The third-order valence-corrected chi connectivity index (χ3v) is 7.47. The zero-order valence-electron chi connectivity index (χ0n) is 12.6.